The smallest absolute Gasteiger partial charge is 0.373 e. The maximum absolute atomic E-state index is 11.4. The summed E-state index contributed by atoms with van der Waals surface area (Å²) >= 11 is 0. The van der Waals surface area contributed by atoms with Crippen LogP contribution in [0.4, 0.5) is 0 Å². The molecule has 0 spiro atoms. The summed E-state index contributed by atoms with van der Waals surface area (Å²) in [6.07, 6.45) is 4.41. The summed E-state index contributed by atoms with van der Waals surface area (Å²) in [6.45, 7) is 2.37. The van der Waals surface area contributed by atoms with E-state index in [0.29, 0.717) is 12.2 Å². The molecule has 0 aromatic heterocycles. The van der Waals surface area contributed by atoms with Gasteiger partial charge < -0.3 is 5.11 Å². The zero-order chi connectivity index (χ0) is 14.3. The summed E-state index contributed by atoms with van der Waals surface area (Å²) in [7, 11) is 0. The van der Waals surface area contributed by atoms with Crippen LogP contribution >= 0.6 is 0 Å². The van der Waals surface area contributed by atoms with Crippen LogP contribution in [0.15, 0.2) is 30.3 Å². The Labute approximate surface area is 113 Å². The van der Waals surface area contributed by atoms with Crippen LogP contribution in [0, 0.1) is 0 Å². The Morgan fingerprint density at radius 2 is 1.84 bits per heavy atom. The SMILES string of the molecule is CCCCCCOOC(=O)c1ccccc1.O=CO. The topological polar surface area (TPSA) is 72.8 Å². The normalized spacial score (nSPS) is 9.11. The second kappa shape index (κ2) is 12.6. The van der Waals surface area contributed by atoms with Gasteiger partial charge >= 0.3 is 5.97 Å². The van der Waals surface area contributed by atoms with Crippen LogP contribution < -0.4 is 0 Å². The van der Waals surface area contributed by atoms with E-state index < -0.39 is 5.97 Å². The van der Waals surface area contributed by atoms with Gasteiger partial charge in [0.05, 0.1) is 12.2 Å². The van der Waals surface area contributed by atoms with Gasteiger partial charge in [0.15, 0.2) is 0 Å². The molecule has 0 radical (unpaired) electrons. The molecule has 106 valence electrons. The van der Waals surface area contributed by atoms with Crippen LogP contribution in [0.1, 0.15) is 43.0 Å². The minimum atomic E-state index is -0.434. The van der Waals surface area contributed by atoms with E-state index in [1.807, 2.05) is 6.07 Å². The zero-order valence-corrected chi connectivity index (χ0v) is 11.1. The Bertz CT molecular complexity index is 337. The first-order chi connectivity index (χ1) is 9.26. The first-order valence-corrected chi connectivity index (χ1v) is 6.23. The first-order valence-electron chi connectivity index (χ1n) is 6.23. The number of carbonyl (C=O) groups excluding carboxylic acids is 1. The van der Waals surface area contributed by atoms with Gasteiger partial charge in [0.2, 0.25) is 0 Å². The number of hydrogen-bond acceptors (Lipinski definition) is 4. The highest BCUT2D eigenvalue weighted by molar-refractivity contribution is 5.88. The van der Waals surface area contributed by atoms with E-state index in [2.05, 4.69) is 11.8 Å². The highest BCUT2D eigenvalue weighted by Crippen LogP contribution is 2.03. The van der Waals surface area contributed by atoms with Gasteiger partial charge in [0, 0.05) is 0 Å². The predicted octanol–water partition coefficient (Wildman–Crippen LogP) is 3.06. The number of hydrogen-bond donors (Lipinski definition) is 1. The van der Waals surface area contributed by atoms with Crippen LogP contribution in [0.2, 0.25) is 0 Å². The average molecular weight is 268 g/mol. The second-order valence-corrected chi connectivity index (χ2v) is 3.72. The minimum absolute atomic E-state index is 0.250. The van der Waals surface area contributed by atoms with Gasteiger partial charge in [-0.1, -0.05) is 44.4 Å². The highest BCUT2D eigenvalue weighted by atomic mass is 17.2. The molecule has 1 aromatic rings. The molecule has 0 bridgehead atoms. The van der Waals surface area contributed by atoms with E-state index in [1.165, 1.54) is 12.8 Å². The van der Waals surface area contributed by atoms with Crippen molar-refractivity contribution in [3.8, 4) is 0 Å². The number of rotatable bonds is 7. The van der Waals surface area contributed by atoms with Crippen molar-refractivity contribution in [3.63, 3.8) is 0 Å². The van der Waals surface area contributed by atoms with Crippen molar-refractivity contribution in [2.24, 2.45) is 0 Å². The molecular formula is C14H20O5. The van der Waals surface area contributed by atoms with Gasteiger partial charge in [0.25, 0.3) is 6.47 Å². The third-order valence-corrected chi connectivity index (χ3v) is 2.23. The van der Waals surface area contributed by atoms with E-state index in [0.717, 1.165) is 12.8 Å². The van der Waals surface area contributed by atoms with Gasteiger partial charge in [-0.15, -0.1) is 0 Å². The molecule has 0 heterocycles. The lowest BCUT2D eigenvalue weighted by molar-refractivity contribution is -0.241. The Balaban J connectivity index is 0.000000982. The largest absolute Gasteiger partial charge is 0.483 e. The molecule has 5 heteroatoms. The quantitative estimate of drug-likeness (QED) is 0.356. The van der Waals surface area contributed by atoms with Crippen molar-refractivity contribution in [1.82, 2.24) is 0 Å². The lowest BCUT2D eigenvalue weighted by atomic mass is 10.2. The lowest BCUT2D eigenvalue weighted by Gasteiger charge is -2.03. The van der Waals surface area contributed by atoms with Crippen molar-refractivity contribution in [1.29, 1.82) is 0 Å². The van der Waals surface area contributed by atoms with Crippen molar-refractivity contribution in [2.75, 3.05) is 6.61 Å². The fourth-order valence-corrected chi connectivity index (χ4v) is 1.31. The van der Waals surface area contributed by atoms with Crippen molar-refractivity contribution >= 4 is 12.4 Å². The molecule has 0 aliphatic rings. The van der Waals surface area contributed by atoms with Crippen molar-refractivity contribution in [3.05, 3.63) is 35.9 Å². The molecule has 0 saturated carbocycles. The molecule has 0 saturated heterocycles. The predicted molar refractivity (Wildman–Crippen MR) is 70.6 cm³/mol. The maximum Gasteiger partial charge on any atom is 0.373 e. The average Bonchev–Trinajstić information content (AvgIpc) is 2.44. The van der Waals surface area contributed by atoms with Crippen molar-refractivity contribution < 1.29 is 24.5 Å². The molecule has 0 unspecified atom stereocenters. The fraction of sp³-hybridized carbons (Fsp3) is 0.429. The Morgan fingerprint density at radius 1 is 1.21 bits per heavy atom. The third kappa shape index (κ3) is 9.79. The Hall–Kier alpha value is -1.88. The van der Waals surface area contributed by atoms with E-state index in [1.54, 1.807) is 24.3 Å². The first kappa shape index (κ1) is 17.1. The van der Waals surface area contributed by atoms with Crippen LogP contribution in [-0.4, -0.2) is 24.2 Å². The summed E-state index contributed by atoms with van der Waals surface area (Å²) in [6, 6.07) is 8.82. The van der Waals surface area contributed by atoms with Crippen molar-refractivity contribution in [2.45, 2.75) is 32.6 Å². The van der Waals surface area contributed by atoms with Gasteiger partial charge in [-0.3, -0.25) is 9.68 Å². The molecule has 5 nitrogen and oxygen atoms in total. The molecule has 1 N–H and O–H groups in total. The van der Waals surface area contributed by atoms with E-state index in [4.69, 9.17) is 14.8 Å². The summed E-state index contributed by atoms with van der Waals surface area (Å²) in [5.74, 6) is -0.434. The van der Waals surface area contributed by atoms with Gasteiger partial charge in [-0.25, -0.2) is 4.79 Å². The van der Waals surface area contributed by atoms with Gasteiger partial charge in [0.1, 0.15) is 0 Å². The fourth-order valence-electron chi connectivity index (χ4n) is 1.31. The monoisotopic (exact) mass is 268 g/mol. The molecule has 1 rings (SSSR count). The summed E-state index contributed by atoms with van der Waals surface area (Å²) in [5, 5.41) is 6.89. The Kier molecular flexibility index (Phi) is 11.3. The number of benzene rings is 1. The van der Waals surface area contributed by atoms with E-state index >= 15 is 0 Å². The zero-order valence-electron chi connectivity index (χ0n) is 11.1. The molecule has 0 aliphatic carbocycles. The summed E-state index contributed by atoms with van der Waals surface area (Å²) < 4.78 is 0. The van der Waals surface area contributed by atoms with Gasteiger partial charge in [-0.2, -0.15) is 4.89 Å². The third-order valence-electron chi connectivity index (χ3n) is 2.23. The van der Waals surface area contributed by atoms with E-state index in [-0.39, 0.29) is 6.47 Å². The minimum Gasteiger partial charge on any atom is -0.483 e. The van der Waals surface area contributed by atoms with Crippen LogP contribution in [0.5, 0.6) is 0 Å². The molecule has 1 aromatic carbocycles. The van der Waals surface area contributed by atoms with E-state index in [9.17, 15) is 4.79 Å². The highest BCUT2D eigenvalue weighted by Gasteiger charge is 2.06. The number of unbranched alkanes of at least 4 members (excludes halogenated alkanes) is 3. The summed E-state index contributed by atoms with van der Waals surface area (Å²) in [5.41, 5.74) is 0.510. The number of carboxylic acid groups (broad SMARTS) is 1. The maximum atomic E-state index is 11.4. The Morgan fingerprint density at radius 3 is 2.42 bits per heavy atom. The van der Waals surface area contributed by atoms with Crippen LogP contribution in [0.3, 0.4) is 0 Å². The lowest BCUT2D eigenvalue weighted by Crippen LogP contribution is -2.06. The van der Waals surface area contributed by atoms with Crippen LogP contribution in [-0.2, 0) is 14.6 Å². The molecule has 19 heavy (non-hydrogen) atoms. The summed E-state index contributed by atoms with van der Waals surface area (Å²) in [4.78, 5) is 29.3. The standard InChI is InChI=1S/C13H18O3.CH2O2/c1-2-3-4-8-11-15-16-13(14)12-9-6-5-7-10-12;2-1-3/h5-7,9-10H,2-4,8,11H2,1H3;1H,(H,2,3). The van der Waals surface area contributed by atoms with Crippen LogP contribution in [0.25, 0.3) is 0 Å². The molecule has 0 aliphatic heterocycles. The molecule has 0 fully saturated rings. The molecule has 0 atom stereocenters. The number of carbonyl (C=O) groups is 2. The molecular weight excluding hydrogens is 248 g/mol. The molecule has 0 amide bonds. The second-order valence-electron chi connectivity index (χ2n) is 3.72. The van der Waals surface area contributed by atoms with Gasteiger partial charge in [-0.05, 0) is 18.6 Å².